The van der Waals surface area contributed by atoms with Crippen molar-refractivity contribution in [2.75, 3.05) is 0 Å². The van der Waals surface area contributed by atoms with Gasteiger partial charge in [0.25, 0.3) is 0 Å². The quantitative estimate of drug-likeness (QED) is 0.697. The van der Waals surface area contributed by atoms with E-state index in [-0.39, 0.29) is 0 Å². The fraction of sp³-hybridized carbons (Fsp3) is 0.0714. The summed E-state index contributed by atoms with van der Waals surface area (Å²) in [4.78, 5) is 0. The van der Waals surface area contributed by atoms with Crippen molar-refractivity contribution in [3.63, 3.8) is 0 Å². The minimum atomic E-state index is 0.687. The molecule has 0 aliphatic heterocycles. The predicted octanol–water partition coefficient (Wildman–Crippen LogP) is 3.09. The highest BCUT2D eigenvalue weighted by Crippen LogP contribution is 2.17. The molecule has 2 aromatic rings. The van der Waals surface area contributed by atoms with Crippen molar-refractivity contribution < 1.29 is 0 Å². The Labute approximate surface area is 95.1 Å². The van der Waals surface area contributed by atoms with E-state index in [1.54, 1.807) is 0 Å². The van der Waals surface area contributed by atoms with E-state index in [1.807, 2.05) is 66.5 Å². The molecule has 2 heteroatoms. The van der Waals surface area contributed by atoms with Gasteiger partial charge < -0.3 is 4.57 Å². The summed E-state index contributed by atoms with van der Waals surface area (Å²) in [5.41, 5.74) is 2.68. The van der Waals surface area contributed by atoms with Crippen LogP contribution in [0.3, 0.4) is 0 Å². The summed E-state index contributed by atoms with van der Waals surface area (Å²) in [5.74, 6) is 0. The van der Waals surface area contributed by atoms with Gasteiger partial charge >= 0.3 is 0 Å². The maximum Gasteiger partial charge on any atom is 0.0998 e. The fourth-order valence-corrected chi connectivity index (χ4v) is 1.57. The summed E-state index contributed by atoms with van der Waals surface area (Å²) >= 11 is 0. The van der Waals surface area contributed by atoms with E-state index in [0.29, 0.717) is 5.57 Å². The van der Waals surface area contributed by atoms with Crippen LogP contribution in [0.2, 0.25) is 0 Å². The van der Waals surface area contributed by atoms with Gasteiger partial charge in [0, 0.05) is 19.4 Å². The van der Waals surface area contributed by atoms with Crippen LogP contribution < -0.4 is 0 Å². The van der Waals surface area contributed by atoms with Crippen molar-refractivity contribution in [3.8, 4) is 6.07 Å². The molecule has 0 saturated heterocycles. The van der Waals surface area contributed by atoms with E-state index in [9.17, 15) is 0 Å². The molecule has 78 valence electrons. The first-order valence-corrected chi connectivity index (χ1v) is 5.09. The smallest absolute Gasteiger partial charge is 0.0998 e. The first-order valence-electron chi connectivity index (χ1n) is 5.09. The molecule has 2 rings (SSSR count). The van der Waals surface area contributed by atoms with Gasteiger partial charge in [-0.25, -0.2) is 0 Å². The summed E-state index contributed by atoms with van der Waals surface area (Å²) in [6.45, 7) is 0. The Morgan fingerprint density at radius 2 is 2.00 bits per heavy atom. The average Bonchev–Trinajstić information content (AvgIpc) is 2.73. The Balaban J connectivity index is 2.38. The Kier molecular flexibility index (Phi) is 2.88. The van der Waals surface area contributed by atoms with Crippen LogP contribution in [-0.4, -0.2) is 4.57 Å². The van der Waals surface area contributed by atoms with Gasteiger partial charge in [-0.1, -0.05) is 30.3 Å². The number of allylic oxidation sites excluding steroid dienone is 1. The Morgan fingerprint density at radius 3 is 2.56 bits per heavy atom. The molecule has 1 aromatic carbocycles. The molecule has 1 heterocycles. The molecule has 0 aliphatic rings. The standard InChI is InChI=1S/C14H12N2/c1-16-8-7-12(11-16)9-14(10-15)13-5-3-2-4-6-13/h2-9,11H,1H3/b14-9-. The number of hydrogen-bond donors (Lipinski definition) is 0. The molecule has 0 unspecified atom stereocenters. The van der Waals surface area contributed by atoms with Crippen LogP contribution in [0.25, 0.3) is 11.6 Å². The van der Waals surface area contributed by atoms with Crippen LogP contribution in [0, 0.1) is 11.3 Å². The molecular weight excluding hydrogens is 196 g/mol. The molecule has 1 aromatic heterocycles. The highest BCUT2D eigenvalue weighted by Gasteiger charge is 2.00. The maximum absolute atomic E-state index is 9.12. The van der Waals surface area contributed by atoms with Crippen molar-refractivity contribution in [1.29, 1.82) is 5.26 Å². The van der Waals surface area contributed by atoms with Gasteiger partial charge in [0.15, 0.2) is 0 Å². The number of aromatic nitrogens is 1. The van der Waals surface area contributed by atoms with Gasteiger partial charge in [-0.05, 0) is 23.3 Å². The van der Waals surface area contributed by atoms with Crippen molar-refractivity contribution in [2.24, 2.45) is 7.05 Å². The number of benzene rings is 1. The van der Waals surface area contributed by atoms with Crippen LogP contribution >= 0.6 is 0 Å². The molecular formula is C14H12N2. The number of nitriles is 1. The monoisotopic (exact) mass is 208 g/mol. The molecule has 16 heavy (non-hydrogen) atoms. The zero-order valence-electron chi connectivity index (χ0n) is 9.09. The molecule has 0 amide bonds. The first-order chi connectivity index (χ1) is 7.79. The summed E-state index contributed by atoms with van der Waals surface area (Å²) < 4.78 is 1.96. The average molecular weight is 208 g/mol. The Hall–Kier alpha value is -2.27. The Morgan fingerprint density at radius 1 is 1.25 bits per heavy atom. The summed E-state index contributed by atoms with van der Waals surface area (Å²) in [5, 5.41) is 9.12. The number of aryl methyl sites for hydroxylation is 1. The molecule has 0 radical (unpaired) electrons. The van der Waals surface area contributed by atoms with E-state index >= 15 is 0 Å². The lowest BCUT2D eigenvalue weighted by Gasteiger charge is -1.97. The predicted molar refractivity (Wildman–Crippen MR) is 65.3 cm³/mol. The lowest BCUT2D eigenvalue weighted by molar-refractivity contribution is 0.927. The highest BCUT2D eigenvalue weighted by molar-refractivity contribution is 5.89. The molecule has 2 nitrogen and oxygen atoms in total. The first kappa shape index (κ1) is 10.3. The van der Waals surface area contributed by atoms with Gasteiger partial charge in [0.2, 0.25) is 0 Å². The Bertz CT molecular complexity index is 542. The van der Waals surface area contributed by atoms with E-state index in [0.717, 1.165) is 11.1 Å². The van der Waals surface area contributed by atoms with Crippen LogP contribution in [-0.2, 0) is 7.05 Å². The van der Waals surface area contributed by atoms with E-state index < -0.39 is 0 Å². The number of hydrogen-bond acceptors (Lipinski definition) is 1. The topological polar surface area (TPSA) is 28.7 Å². The summed E-state index contributed by atoms with van der Waals surface area (Å²) in [7, 11) is 1.96. The van der Waals surface area contributed by atoms with Gasteiger partial charge in [-0.3, -0.25) is 0 Å². The second-order valence-electron chi connectivity index (χ2n) is 3.65. The van der Waals surface area contributed by atoms with Crippen LogP contribution in [0.5, 0.6) is 0 Å². The molecule has 0 N–H and O–H groups in total. The summed E-state index contributed by atoms with van der Waals surface area (Å²) in [6.07, 6.45) is 5.85. The lowest BCUT2D eigenvalue weighted by Crippen LogP contribution is -1.81. The number of rotatable bonds is 2. The maximum atomic E-state index is 9.12. The van der Waals surface area contributed by atoms with Crippen molar-refractivity contribution in [3.05, 3.63) is 59.9 Å². The third-order valence-corrected chi connectivity index (χ3v) is 2.37. The van der Waals surface area contributed by atoms with E-state index in [1.165, 1.54) is 0 Å². The van der Waals surface area contributed by atoms with Gasteiger partial charge in [-0.15, -0.1) is 0 Å². The fourth-order valence-electron chi connectivity index (χ4n) is 1.57. The van der Waals surface area contributed by atoms with E-state index in [2.05, 4.69) is 6.07 Å². The number of nitrogens with zero attached hydrogens (tertiary/aromatic N) is 2. The van der Waals surface area contributed by atoms with Crippen LogP contribution in [0.1, 0.15) is 11.1 Å². The second-order valence-corrected chi connectivity index (χ2v) is 3.65. The zero-order chi connectivity index (χ0) is 11.4. The molecule has 0 spiro atoms. The minimum Gasteiger partial charge on any atom is -0.357 e. The minimum absolute atomic E-state index is 0.687. The molecule has 0 saturated carbocycles. The zero-order valence-corrected chi connectivity index (χ0v) is 9.09. The van der Waals surface area contributed by atoms with Crippen molar-refractivity contribution in [1.82, 2.24) is 4.57 Å². The van der Waals surface area contributed by atoms with Crippen molar-refractivity contribution in [2.45, 2.75) is 0 Å². The van der Waals surface area contributed by atoms with Gasteiger partial charge in [0.05, 0.1) is 11.6 Å². The van der Waals surface area contributed by atoms with Gasteiger partial charge in [-0.2, -0.15) is 5.26 Å². The normalized spacial score (nSPS) is 11.1. The van der Waals surface area contributed by atoms with Crippen molar-refractivity contribution >= 4 is 11.6 Å². The third kappa shape index (κ3) is 2.21. The molecule has 0 aliphatic carbocycles. The third-order valence-electron chi connectivity index (χ3n) is 2.37. The molecule has 0 fully saturated rings. The second kappa shape index (κ2) is 4.50. The summed E-state index contributed by atoms with van der Waals surface area (Å²) in [6, 6.07) is 13.9. The SMILES string of the molecule is Cn1ccc(/C=C(/C#N)c2ccccc2)c1. The largest absolute Gasteiger partial charge is 0.357 e. The molecule has 0 bridgehead atoms. The highest BCUT2D eigenvalue weighted by atomic mass is 14.9. The molecule has 0 atom stereocenters. The van der Waals surface area contributed by atoms with Crippen LogP contribution in [0.4, 0.5) is 0 Å². The van der Waals surface area contributed by atoms with Gasteiger partial charge in [0.1, 0.15) is 0 Å². The van der Waals surface area contributed by atoms with E-state index in [4.69, 9.17) is 5.26 Å². The lowest BCUT2D eigenvalue weighted by atomic mass is 10.1. The van der Waals surface area contributed by atoms with Crippen LogP contribution in [0.15, 0.2) is 48.8 Å².